The van der Waals surface area contributed by atoms with E-state index in [2.05, 4.69) is 15.5 Å². The summed E-state index contributed by atoms with van der Waals surface area (Å²) >= 11 is 0. The Kier molecular flexibility index (Phi) is 6.19. The molecule has 148 valence electrons. The lowest BCUT2D eigenvalue weighted by Crippen LogP contribution is -2.31. The average Bonchev–Trinajstić information content (AvgIpc) is 2.74. The van der Waals surface area contributed by atoms with Crippen molar-refractivity contribution in [3.05, 3.63) is 77.5 Å². The first-order valence-electron chi connectivity index (χ1n) is 9.19. The molecule has 0 bridgehead atoms. The molecule has 0 radical (unpaired) electrons. The Balaban J connectivity index is 1.76. The first kappa shape index (κ1) is 20.0. The van der Waals surface area contributed by atoms with Crippen molar-refractivity contribution in [2.45, 2.75) is 13.8 Å². The molecule has 3 aromatic rings. The first-order chi connectivity index (χ1) is 14.0. The number of ether oxygens (including phenoxy) is 1. The van der Waals surface area contributed by atoms with Gasteiger partial charge in [-0.2, -0.15) is 0 Å². The largest absolute Gasteiger partial charge is 0.465 e. The monoisotopic (exact) mass is 390 g/mol. The van der Waals surface area contributed by atoms with Gasteiger partial charge in [0.1, 0.15) is 0 Å². The SMILES string of the molecule is CCN(C(=O)c1ccc(Nc2cccc(C(=O)OC)c2)nn1)c1cccc(C)c1. The smallest absolute Gasteiger partial charge is 0.337 e. The van der Waals surface area contributed by atoms with E-state index in [0.717, 1.165) is 11.3 Å². The zero-order valence-corrected chi connectivity index (χ0v) is 16.5. The summed E-state index contributed by atoms with van der Waals surface area (Å²) in [6.45, 7) is 4.42. The molecule has 0 spiro atoms. The van der Waals surface area contributed by atoms with Gasteiger partial charge in [0.05, 0.1) is 12.7 Å². The van der Waals surface area contributed by atoms with Gasteiger partial charge in [-0.15, -0.1) is 10.2 Å². The molecule has 0 unspecified atom stereocenters. The summed E-state index contributed by atoms with van der Waals surface area (Å²) in [6.07, 6.45) is 0. The van der Waals surface area contributed by atoms with Crippen LogP contribution in [-0.2, 0) is 4.74 Å². The van der Waals surface area contributed by atoms with Crippen molar-refractivity contribution in [2.24, 2.45) is 0 Å². The normalized spacial score (nSPS) is 10.3. The van der Waals surface area contributed by atoms with Crippen LogP contribution in [0.2, 0.25) is 0 Å². The van der Waals surface area contributed by atoms with Gasteiger partial charge in [0.15, 0.2) is 11.5 Å². The van der Waals surface area contributed by atoms with E-state index >= 15 is 0 Å². The number of amides is 1. The zero-order valence-electron chi connectivity index (χ0n) is 16.5. The molecule has 0 aliphatic carbocycles. The summed E-state index contributed by atoms with van der Waals surface area (Å²) in [7, 11) is 1.33. The summed E-state index contributed by atoms with van der Waals surface area (Å²) in [4.78, 5) is 26.2. The Morgan fingerprint density at radius 3 is 2.48 bits per heavy atom. The van der Waals surface area contributed by atoms with Crippen molar-refractivity contribution in [2.75, 3.05) is 23.9 Å². The van der Waals surface area contributed by atoms with E-state index in [-0.39, 0.29) is 11.6 Å². The minimum Gasteiger partial charge on any atom is -0.465 e. The molecule has 1 N–H and O–H groups in total. The molecular weight excluding hydrogens is 368 g/mol. The molecule has 0 aliphatic rings. The Hall–Kier alpha value is -3.74. The fourth-order valence-electron chi connectivity index (χ4n) is 2.88. The van der Waals surface area contributed by atoms with Crippen LogP contribution in [0.4, 0.5) is 17.2 Å². The van der Waals surface area contributed by atoms with Crippen molar-refractivity contribution in [3.63, 3.8) is 0 Å². The number of nitrogens with one attached hydrogen (secondary N) is 1. The van der Waals surface area contributed by atoms with Gasteiger partial charge in [-0.05, 0) is 61.9 Å². The molecule has 0 aliphatic heterocycles. The second-order valence-electron chi connectivity index (χ2n) is 6.39. The number of benzene rings is 2. The number of rotatable bonds is 6. The highest BCUT2D eigenvalue weighted by atomic mass is 16.5. The third-order valence-corrected chi connectivity index (χ3v) is 4.31. The number of aromatic nitrogens is 2. The van der Waals surface area contributed by atoms with Crippen molar-refractivity contribution in [1.29, 1.82) is 0 Å². The molecule has 1 aromatic heterocycles. The minimum absolute atomic E-state index is 0.218. The van der Waals surface area contributed by atoms with Crippen LogP contribution in [0.1, 0.15) is 33.3 Å². The number of aryl methyl sites for hydroxylation is 1. The van der Waals surface area contributed by atoms with Crippen LogP contribution >= 0.6 is 0 Å². The summed E-state index contributed by atoms with van der Waals surface area (Å²) in [6, 6.07) is 17.9. The Labute approximate surface area is 169 Å². The highest BCUT2D eigenvalue weighted by molar-refractivity contribution is 6.04. The summed E-state index contributed by atoms with van der Waals surface area (Å²) in [5.41, 5.74) is 3.24. The van der Waals surface area contributed by atoms with Gasteiger partial charge in [0.25, 0.3) is 5.91 Å². The van der Waals surface area contributed by atoms with Crippen LogP contribution in [0.3, 0.4) is 0 Å². The summed E-state index contributed by atoms with van der Waals surface area (Å²) in [5.74, 6) is -0.177. The van der Waals surface area contributed by atoms with E-state index in [1.165, 1.54) is 7.11 Å². The fourth-order valence-corrected chi connectivity index (χ4v) is 2.88. The quantitative estimate of drug-likeness (QED) is 0.641. The van der Waals surface area contributed by atoms with E-state index in [4.69, 9.17) is 4.74 Å². The van der Waals surface area contributed by atoms with Crippen molar-refractivity contribution >= 4 is 29.1 Å². The molecule has 3 rings (SSSR count). The van der Waals surface area contributed by atoms with Gasteiger partial charge in [-0.1, -0.05) is 18.2 Å². The Bertz CT molecular complexity index is 1020. The van der Waals surface area contributed by atoms with Crippen LogP contribution in [0.15, 0.2) is 60.7 Å². The lowest BCUT2D eigenvalue weighted by atomic mass is 10.2. The predicted octanol–water partition coefficient (Wildman–Crippen LogP) is 3.98. The first-order valence-corrected chi connectivity index (χ1v) is 9.19. The van der Waals surface area contributed by atoms with Crippen LogP contribution in [0.5, 0.6) is 0 Å². The number of carbonyl (C=O) groups is 2. The molecule has 1 heterocycles. The zero-order chi connectivity index (χ0) is 20.8. The number of anilines is 3. The van der Waals surface area contributed by atoms with Crippen LogP contribution < -0.4 is 10.2 Å². The maximum absolute atomic E-state index is 12.9. The standard InChI is InChI=1S/C22H22N4O3/c1-4-26(18-10-5-7-15(2)13-18)21(27)19-11-12-20(25-24-19)23-17-9-6-8-16(14-17)22(28)29-3/h5-14H,4H2,1-3H3,(H,23,25). The number of hydrogen-bond acceptors (Lipinski definition) is 6. The highest BCUT2D eigenvalue weighted by Crippen LogP contribution is 2.19. The summed E-state index contributed by atoms with van der Waals surface area (Å²) in [5, 5.41) is 11.2. The van der Waals surface area contributed by atoms with Crippen LogP contribution in [-0.4, -0.2) is 35.7 Å². The highest BCUT2D eigenvalue weighted by Gasteiger charge is 2.18. The maximum Gasteiger partial charge on any atom is 0.337 e. The third-order valence-electron chi connectivity index (χ3n) is 4.31. The number of nitrogens with zero attached hydrogens (tertiary/aromatic N) is 3. The van der Waals surface area contributed by atoms with Gasteiger partial charge in [0.2, 0.25) is 0 Å². The topological polar surface area (TPSA) is 84.4 Å². The minimum atomic E-state index is -0.420. The molecule has 0 atom stereocenters. The van der Waals surface area contributed by atoms with E-state index in [0.29, 0.717) is 23.6 Å². The van der Waals surface area contributed by atoms with E-state index < -0.39 is 5.97 Å². The number of hydrogen-bond donors (Lipinski definition) is 1. The number of esters is 1. The van der Waals surface area contributed by atoms with E-state index in [9.17, 15) is 9.59 Å². The van der Waals surface area contributed by atoms with Gasteiger partial charge in [0, 0.05) is 17.9 Å². The molecule has 0 saturated carbocycles. The average molecular weight is 390 g/mol. The van der Waals surface area contributed by atoms with E-state index in [1.54, 1.807) is 41.3 Å². The molecule has 1 amide bonds. The van der Waals surface area contributed by atoms with E-state index in [1.807, 2.05) is 38.1 Å². The van der Waals surface area contributed by atoms with Gasteiger partial charge >= 0.3 is 5.97 Å². The maximum atomic E-state index is 12.9. The lowest BCUT2D eigenvalue weighted by molar-refractivity contribution is 0.0600. The molecule has 7 nitrogen and oxygen atoms in total. The molecule has 0 fully saturated rings. The number of methoxy groups -OCH3 is 1. The van der Waals surface area contributed by atoms with Crippen molar-refractivity contribution in [1.82, 2.24) is 10.2 Å². The molecular formula is C22H22N4O3. The summed E-state index contributed by atoms with van der Waals surface area (Å²) < 4.78 is 4.72. The second kappa shape index (κ2) is 8.97. The third kappa shape index (κ3) is 4.76. The fraction of sp³-hybridized carbons (Fsp3) is 0.182. The molecule has 7 heteroatoms. The molecule has 2 aromatic carbocycles. The van der Waals surface area contributed by atoms with Crippen molar-refractivity contribution < 1.29 is 14.3 Å². The van der Waals surface area contributed by atoms with Gasteiger partial charge in [-0.25, -0.2) is 4.79 Å². The predicted molar refractivity (Wildman–Crippen MR) is 112 cm³/mol. The molecule has 29 heavy (non-hydrogen) atoms. The van der Waals surface area contributed by atoms with Crippen LogP contribution in [0, 0.1) is 6.92 Å². The molecule has 0 saturated heterocycles. The second-order valence-corrected chi connectivity index (χ2v) is 6.39. The van der Waals surface area contributed by atoms with Gasteiger partial charge < -0.3 is 15.0 Å². The number of carbonyl (C=O) groups excluding carboxylic acids is 2. The Morgan fingerprint density at radius 2 is 1.83 bits per heavy atom. The van der Waals surface area contributed by atoms with Crippen molar-refractivity contribution in [3.8, 4) is 0 Å². The van der Waals surface area contributed by atoms with Crippen LogP contribution in [0.25, 0.3) is 0 Å². The Morgan fingerprint density at radius 1 is 1.03 bits per heavy atom. The lowest BCUT2D eigenvalue weighted by Gasteiger charge is -2.20. The van der Waals surface area contributed by atoms with Gasteiger partial charge in [-0.3, -0.25) is 4.79 Å².